The Hall–Kier alpha value is -0.330. The van der Waals surface area contributed by atoms with Crippen molar-refractivity contribution in [3.63, 3.8) is 0 Å². The van der Waals surface area contributed by atoms with Crippen LogP contribution in [-0.4, -0.2) is 12.3 Å². The molecule has 0 aliphatic rings. The van der Waals surface area contributed by atoms with Crippen molar-refractivity contribution in [2.45, 2.75) is 33.7 Å². The molecule has 0 aromatic rings. The first kappa shape index (κ1) is 7.67. The van der Waals surface area contributed by atoms with Crippen LogP contribution in [0.3, 0.4) is 0 Å². The molecular weight excluding hydrogens is 98.1 g/mol. The maximum atomic E-state index is 4.20. The predicted molar refractivity (Wildman–Crippen MR) is 38.5 cm³/mol. The lowest BCUT2D eigenvalue weighted by Gasteiger charge is -1.95. The van der Waals surface area contributed by atoms with Gasteiger partial charge in [0.25, 0.3) is 0 Å². The first-order chi connectivity index (χ1) is 3.63. The van der Waals surface area contributed by atoms with Crippen LogP contribution in [0.15, 0.2) is 4.99 Å². The van der Waals surface area contributed by atoms with E-state index in [4.69, 9.17) is 0 Å². The van der Waals surface area contributed by atoms with Crippen LogP contribution in [0.1, 0.15) is 27.7 Å². The Morgan fingerprint density at radius 3 is 1.75 bits per heavy atom. The van der Waals surface area contributed by atoms with Gasteiger partial charge in [0, 0.05) is 12.3 Å². The molecule has 0 radical (unpaired) electrons. The van der Waals surface area contributed by atoms with Crippen LogP contribution in [0.2, 0.25) is 0 Å². The topological polar surface area (TPSA) is 12.4 Å². The van der Waals surface area contributed by atoms with Gasteiger partial charge in [-0.2, -0.15) is 0 Å². The number of nitrogens with zero attached hydrogens (tertiary/aromatic N) is 1. The Morgan fingerprint density at radius 1 is 1.12 bits per heavy atom. The fourth-order valence-electron chi connectivity index (χ4n) is 0.344. The molecule has 0 amide bonds. The van der Waals surface area contributed by atoms with Crippen LogP contribution in [0.4, 0.5) is 0 Å². The second-order valence-corrected chi connectivity index (χ2v) is 2.64. The van der Waals surface area contributed by atoms with Gasteiger partial charge in [-0.15, -0.1) is 0 Å². The van der Waals surface area contributed by atoms with Gasteiger partial charge in [-0.3, -0.25) is 4.99 Å². The van der Waals surface area contributed by atoms with Gasteiger partial charge in [0.1, 0.15) is 0 Å². The molecule has 0 fully saturated rings. The van der Waals surface area contributed by atoms with Gasteiger partial charge in [-0.05, 0) is 19.8 Å². The Kier molecular flexibility index (Phi) is 3.49. The van der Waals surface area contributed by atoms with Gasteiger partial charge in [0.2, 0.25) is 0 Å². The summed E-state index contributed by atoms with van der Waals surface area (Å²) < 4.78 is 0. The van der Waals surface area contributed by atoms with E-state index < -0.39 is 0 Å². The molecule has 0 aromatic heterocycles. The fraction of sp³-hybridized carbons (Fsp3) is 0.857. The highest BCUT2D eigenvalue weighted by molar-refractivity contribution is 5.59. The van der Waals surface area contributed by atoms with Crippen molar-refractivity contribution in [1.82, 2.24) is 0 Å². The van der Waals surface area contributed by atoms with E-state index in [2.05, 4.69) is 32.7 Å². The highest BCUT2D eigenvalue weighted by Gasteiger charge is 1.85. The van der Waals surface area contributed by atoms with E-state index >= 15 is 0 Å². The average molecular weight is 113 g/mol. The summed E-state index contributed by atoms with van der Waals surface area (Å²) in [6.07, 6.45) is 1.99. The molecule has 1 nitrogen and oxygen atoms in total. The van der Waals surface area contributed by atoms with Crippen molar-refractivity contribution in [2.24, 2.45) is 10.9 Å². The van der Waals surface area contributed by atoms with Crippen molar-refractivity contribution in [1.29, 1.82) is 0 Å². The molecule has 0 saturated carbocycles. The molecular formula is C7H15N. The molecule has 0 aliphatic heterocycles. The van der Waals surface area contributed by atoms with Crippen molar-refractivity contribution in [3.8, 4) is 0 Å². The number of aliphatic imine (C=N–C) groups is 1. The van der Waals surface area contributed by atoms with Crippen molar-refractivity contribution >= 4 is 6.21 Å². The van der Waals surface area contributed by atoms with Crippen molar-refractivity contribution in [2.75, 3.05) is 0 Å². The zero-order chi connectivity index (χ0) is 6.57. The summed E-state index contributed by atoms with van der Waals surface area (Å²) in [5.74, 6) is 0.595. The second kappa shape index (κ2) is 3.65. The first-order valence-corrected chi connectivity index (χ1v) is 3.16. The molecule has 0 aliphatic carbocycles. The van der Waals surface area contributed by atoms with Gasteiger partial charge in [0.05, 0.1) is 0 Å². The minimum absolute atomic E-state index is 0.456. The van der Waals surface area contributed by atoms with Crippen molar-refractivity contribution in [3.05, 3.63) is 0 Å². The molecule has 0 N–H and O–H groups in total. The van der Waals surface area contributed by atoms with E-state index in [0.717, 1.165) is 0 Å². The van der Waals surface area contributed by atoms with Crippen LogP contribution < -0.4 is 0 Å². The third-order valence-electron chi connectivity index (χ3n) is 0.682. The molecule has 0 bridgehead atoms. The summed E-state index contributed by atoms with van der Waals surface area (Å²) in [4.78, 5) is 4.20. The second-order valence-electron chi connectivity index (χ2n) is 2.64. The lowest BCUT2D eigenvalue weighted by molar-refractivity contribution is 0.812. The molecule has 1 heteroatoms. The average Bonchev–Trinajstić information content (AvgIpc) is 1.61. The van der Waals surface area contributed by atoms with Crippen LogP contribution in [0.25, 0.3) is 0 Å². The first-order valence-electron chi connectivity index (χ1n) is 3.16. The van der Waals surface area contributed by atoms with Crippen LogP contribution in [0.5, 0.6) is 0 Å². The van der Waals surface area contributed by atoms with Gasteiger partial charge in [0.15, 0.2) is 0 Å². The summed E-state index contributed by atoms with van der Waals surface area (Å²) in [6, 6.07) is 0.456. The monoisotopic (exact) mass is 113 g/mol. The summed E-state index contributed by atoms with van der Waals surface area (Å²) in [6.45, 7) is 8.43. The van der Waals surface area contributed by atoms with Crippen LogP contribution in [-0.2, 0) is 0 Å². The SMILES string of the molecule is CC(C)/C=N/C(C)C. The van der Waals surface area contributed by atoms with E-state index in [9.17, 15) is 0 Å². The fourth-order valence-corrected chi connectivity index (χ4v) is 0.344. The predicted octanol–water partition coefficient (Wildman–Crippen LogP) is 2.12. The highest BCUT2D eigenvalue weighted by atomic mass is 14.7. The standard InChI is InChI=1S/C7H15N/c1-6(2)5-8-7(3)4/h5-7H,1-4H3/b8-5+. The Morgan fingerprint density at radius 2 is 1.62 bits per heavy atom. The third-order valence-corrected chi connectivity index (χ3v) is 0.682. The Labute approximate surface area is 51.8 Å². The summed E-state index contributed by atoms with van der Waals surface area (Å²) >= 11 is 0. The summed E-state index contributed by atoms with van der Waals surface area (Å²) in [5, 5.41) is 0. The summed E-state index contributed by atoms with van der Waals surface area (Å²) in [5.41, 5.74) is 0. The molecule has 8 heavy (non-hydrogen) atoms. The van der Waals surface area contributed by atoms with E-state index in [1.54, 1.807) is 0 Å². The maximum Gasteiger partial charge on any atom is 0.0439 e. The zero-order valence-electron chi connectivity index (χ0n) is 6.18. The van der Waals surface area contributed by atoms with Gasteiger partial charge in [-0.25, -0.2) is 0 Å². The molecule has 48 valence electrons. The number of rotatable bonds is 2. The van der Waals surface area contributed by atoms with E-state index in [1.807, 2.05) is 6.21 Å². The smallest absolute Gasteiger partial charge is 0.0439 e. The third kappa shape index (κ3) is 5.67. The lowest BCUT2D eigenvalue weighted by Crippen LogP contribution is -1.93. The number of hydrogen-bond acceptors (Lipinski definition) is 1. The quantitative estimate of drug-likeness (QED) is 0.486. The Bertz CT molecular complexity index is 62.5. The molecule has 0 atom stereocenters. The zero-order valence-corrected chi connectivity index (χ0v) is 6.18. The minimum atomic E-state index is 0.456. The van der Waals surface area contributed by atoms with Gasteiger partial charge < -0.3 is 0 Å². The Balaban J connectivity index is 3.34. The van der Waals surface area contributed by atoms with Crippen LogP contribution in [0, 0.1) is 5.92 Å². The highest BCUT2D eigenvalue weighted by Crippen LogP contribution is 1.89. The van der Waals surface area contributed by atoms with Gasteiger partial charge in [-0.1, -0.05) is 13.8 Å². The lowest BCUT2D eigenvalue weighted by atomic mass is 10.2. The largest absolute Gasteiger partial charge is 0.295 e. The summed E-state index contributed by atoms with van der Waals surface area (Å²) in [7, 11) is 0. The minimum Gasteiger partial charge on any atom is -0.295 e. The van der Waals surface area contributed by atoms with Crippen LogP contribution >= 0.6 is 0 Å². The molecule has 0 aromatic carbocycles. The van der Waals surface area contributed by atoms with E-state index in [0.29, 0.717) is 12.0 Å². The molecule has 0 heterocycles. The maximum absolute atomic E-state index is 4.20. The molecule has 0 rings (SSSR count). The number of hydrogen-bond donors (Lipinski definition) is 0. The normalized spacial score (nSPS) is 12.2. The molecule has 0 spiro atoms. The van der Waals surface area contributed by atoms with E-state index in [-0.39, 0.29) is 0 Å². The van der Waals surface area contributed by atoms with Gasteiger partial charge >= 0.3 is 0 Å². The molecule has 0 unspecified atom stereocenters. The van der Waals surface area contributed by atoms with Crippen molar-refractivity contribution < 1.29 is 0 Å². The molecule has 0 saturated heterocycles. The van der Waals surface area contributed by atoms with E-state index in [1.165, 1.54) is 0 Å².